The van der Waals surface area contributed by atoms with E-state index in [0.717, 1.165) is 16.9 Å². The fraction of sp³-hybridized carbons (Fsp3) is 0.292. The summed E-state index contributed by atoms with van der Waals surface area (Å²) in [4.78, 5) is 29.9. The van der Waals surface area contributed by atoms with E-state index in [1.165, 1.54) is 11.3 Å². The van der Waals surface area contributed by atoms with Gasteiger partial charge in [0.1, 0.15) is 18.4 Å². The third-order valence-electron chi connectivity index (χ3n) is 5.16. The number of hydrogen-bond acceptors (Lipinski definition) is 8. The maximum absolute atomic E-state index is 13.0. The van der Waals surface area contributed by atoms with Crippen molar-refractivity contribution in [3.05, 3.63) is 65.5 Å². The number of hydrogen-bond donors (Lipinski definition) is 4. The Labute approximate surface area is 219 Å². The van der Waals surface area contributed by atoms with E-state index in [4.69, 9.17) is 14.6 Å². The largest absolute Gasteiger partial charge is 0.497 e. The smallest absolute Gasteiger partial charge is 0.408 e. The SMILES string of the molecule is COc1ccc(-c2csc(NC(=O)[C@@H](CCCCNS(N)(=O)=O)NC(=O)OCc3ccccc3)n2)cc1. The molecule has 198 valence electrons. The Morgan fingerprint density at radius 1 is 1.08 bits per heavy atom. The third kappa shape index (κ3) is 9.80. The molecule has 3 rings (SSSR count). The Hall–Kier alpha value is -3.52. The standard InChI is InChI=1S/C24H29N5O6S2/c1-34-19-12-10-18(11-13-19)21-16-36-23(27-21)29-22(30)20(9-5-6-14-26-37(25,32)33)28-24(31)35-15-17-7-3-2-4-8-17/h2-4,7-8,10-13,16,20,26H,5-6,9,14-15H2,1H3,(H,28,31)(H2,25,32,33)(H,27,29,30)/t20-/m1/s1. The van der Waals surface area contributed by atoms with Crippen LogP contribution in [0, 0.1) is 0 Å². The Morgan fingerprint density at radius 2 is 1.81 bits per heavy atom. The van der Waals surface area contributed by atoms with Crippen LogP contribution in [0.15, 0.2) is 60.0 Å². The van der Waals surface area contributed by atoms with Crippen LogP contribution in [-0.2, 0) is 26.3 Å². The topological polar surface area (TPSA) is 162 Å². The van der Waals surface area contributed by atoms with Crippen molar-refractivity contribution in [2.24, 2.45) is 5.14 Å². The predicted octanol–water partition coefficient (Wildman–Crippen LogP) is 3.02. The number of carbonyl (C=O) groups is 2. The lowest BCUT2D eigenvalue weighted by atomic mass is 10.1. The summed E-state index contributed by atoms with van der Waals surface area (Å²) in [6.45, 7) is 0.167. The molecular weight excluding hydrogens is 518 g/mol. The minimum absolute atomic E-state index is 0.0526. The molecule has 0 saturated heterocycles. The first-order valence-corrected chi connectivity index (χ1v) is 13.8. The predicted molar refractivity (Wildman–Crippen MR) is 141 cm³/mol. The van der Waals surface area contributed by atoms with Crippen molar-refractivity contribution in [3.63, 3.8) is 0 Å². The van der Waals surface area contributed by atoms with E-state index in [2.05, 4.69) is 20.3 Å². The molecule has 2 aromatic carbocycles. The van der Waals surface area contributed by atoms with Gasteiger partial charge in [-0.15, -0.1) is 11.3 Å². The summed E-state index contributed by atoms with van der Waals surface area (Å²) in [5.41, 5.74) is 2.35. The average molecular weight is 548 g/mol. The van der Waals surface area contributed by atoms with E-state index in [1.807, 2.05) is 60.0 Å². The average Bonchev–Trinajstić information content (AvgIpc) is 3.35. The highest BCUT2D eigenvalue weighted by atomic mass is 32.2. The maximum atomic E-state index is 13.0. The first-order valence-electron chi connectivity index (χ1n) is 11.4. The fourth-order valence-corrected chi connectivity index (χ4v) is 4.43. The summed E-state index contributed by atoms with van der Waals surface area (Å²) < 4.78 is 34.7. The molecule has 0 fully saturated rings. The van der Waals surface area contributed by atoms with Crippen LogP contribution in [0.3, 0.4) is 0 Å². The number of ether oxygens (including phenoxy) is 2. The molecule has 0 saturated carbocycles. The van der Waals surface area contributed by atoms with Gasteiger partial charge in [-0.05, 0) is 49.1 Å². The number of unbranched alkanes of at least 4 members (excludes halogenated alkanes) is 1. The van der Waals surface area contributed by atoms with Crippen molar-refractivity contribution in [3.8, 4) is 17.0 Å². The molecule has 0 radical (unpaired) electrons. The van der Waals surface area contributed by atoms with Crippen molar-refractivity contribution in [1.29, 1.82) is 0 Å². The molecule has 3 aromatic rings. The molecule has 37 heavy (non-hydrogen) atoms. The van der Waals surface area contributed by atoms with Crippen LogP contribution in [0.5, 0.6) is 5.75 Å². The highest BCUT2D eigenvalue weighted by Gasteiger charge is 2.22. The van der Waals surface area contributed by atoms with Crippen molar-refractivity contribution in [2.75, 3.05) is 19.0 Å². The molecule has 1 atom stereocenters. The van der Waals surface area contributed by atoms with Crippen LogP contribution in [-0.4, -0.2) is 45.1 Å². The van der Waals surface area contributed by atoms with Crippen LogP contribution in [0.4, 0.5) is 9.93 Å². The number of aromatic nitrogens is 1. The summed E-state index contributed by atoms with van der Waals surface area (Å²) in [5, 5.41) is 12.4. The van der Waals surface area contributed by atoms with Crippen molar-refractivity contribution in [2.45, 2.75) is 31.9 Å². The number of amides is 2. The van der Waals surface area contributed by atoms with Gasteiger partial charge in [0.05, 0.1) is 12.8 Å². The van der Waals surface area contributed by atoms with Gasteiger partial charge in [-0.2, -0.15) is 8.42 Å². The van der Waals surface area contributed by atoms with Gasteiger partial charge in [0, 0.05) is 17.5 Å². The van der Waals surface area contributed by atoms with Crippen LogP contribution in [0.2, 0.25) is 0 Å². The van der Waals surface area contributed by atoms with E-state index in [-0.39, 0.29) is 19.6 Å². The molecule has 13 heteroatoms. The molecule has 0 unspecified atom stereocenters. The third-order valence-corrected chi connectivity index (χ3v) is 6.53. The molecule has 11 nitrogen and oxygen atoms in total. The lowest BCUT2D eigenvalue weighted by molar-refractivity contribution is -0.118. The first-order chi connectivity index (χ1) is 17.7. The van der Waals surface area contributed by atoms with Gasteiger partial charge in [0.2, 0.25) is 5.91 Å². The second kappa shape index (κ2) is 13.7. The second-order valence-corrected chi connectivity index (χ2v) is 10.2. The molecule has 1 aromatic heterocycles. The molecule has 1 heterocycles. The van der Waals surface area contributed by atoms with Crippen LogP contribution in [0.25, 0.3) is 11.3 Å². The zero-order valence-electron chi connectivity index (χ0n) is 20.2. The van der Waals surface area contributed by atoms with Gasteiger partial charge in [-0.3, -0.25) is 4.79 Å². The van der Waals surface area contributed by atoms with Crippen LogP contribution < -0.4 is 25.2 Å². The summed E-state index contributed by atoms with van der Waals surface area (Å²) in [5.74, 6) is 0.256. The quantitative estimate of drug-likeness (QED) is 0.239. The summed E-state index contributed by atoms with van der Waals surface area (Å²) in [6, 6.07) is 15.6. The number of anilines is 1. The van der Waals surface area contributed by atoms with Gasteiger partial charge >= 0.3 is 6.09 Å². The fourth-order valence-electron chi connectivity index (χ4n) is 3.28. The van der Waals surface area contributed by atoms with E-state index < -0.39 is 28.3 Å². The molecule has 0 bridgehead atoms. The van der Waals surface area contributed by atoms with Crippen molar-refractivity contribution in [1.82, 2.24) is 15.0 Å². The molecule has 0 aliphatic rings. The van der Waals surface area contributed by atoms with Gasteiger partial charge in [-0.1, -0.05) is 30.3 Å². The molecular formula is C24H29N5O6S2. The Kier molecular flexibility index (Phi) is 10.4. The normalized spacial score (nSPS) is 11.9. The highest BCUT2D eigenvalue weighted by molar-refractivity contribution is 7.87. The lowest BCUT2D eigenvalue weighted by Crippen LogP contribution is -2.44. The molecule has 5 N–H and O–H groups in total. The number of methoxy groups -OCH3 is 1. The van der Waals surface area contributed by atoms with Crippen LogP contribution >= 0.6 is 11.3 Å². The number of carbonyl (C=O) groups excluding carboxylic acids is 2. The molecule has 0 aliphatic heterocycles. The van der Waals surface area contributed by atoms with Crippen LogP contribution in [0.1, 0.15) is 24.8 Å². The summed E-state index contributed by atoms with van der Waals surface area (Å²) >= 11 is 1.25. The number of nitrogens with two attached hydrogens (primary N) is 1. The van der Waals surface area contributed by atoms with Gasteiger partial charge in [0.15, 0.2) is 5.13 Å². The van der Waals surface area contributed by atoms with E-state index in [0.29, 0.717) is 23.7 Å². The van der Waals surface area contributed by atoms with E-state index in [1.54, 1.807) is 7.11 Å². The molecule has 0 aliphatic carbocycles. The highest BCUT2D eigenvalue weighted by Crippen LogP contribution is 2.26. The number of alkyl carbamates (subject to hydrolysis) is 1. The van der Waals surface area contributed by atoms with Gasteiger partial charge in [0.25, 0.3) is 10.2 Å². The zero-order chi connectivity index (χ0) is 26.7. The number of thiazole rings is 1. The summed E-state index contributed by atoms with van der Waals surface area (Å²) in [7, 11) is -2.20. The van der Waals surface area contributed by atoms with E-state index >= 15 is 0 Å². The minimum atomic E-state index is -3.79. The first kappa shape index (κ1) is 28.1. The van der Waals surface area contributed by atoms with Gasteiger partial charge < -0.3 is 20.1 Å². The van der Waals surface area contributed by atoms with Crippen molar-refractivity contribution >= 4 is 38.7 Å². The summed E-state index contributed by atoms with van der Waals surface area (Å²) in [6.07, 6.45) is 0.355. The van der Waals surface area contributed by atoms with Gasteiger partial charge in [-0.25, -0.2) is 19.6 Å². The number of nitrogens with one attached hydrogen (secondary N) is 3. The molecule has 2 amide bonds. The molecule has 0 spiro atoms. The Balaban J connectivity index is 1.60. The number of benzene rings is 2. The Bertz CT molecular complexity index is 1270. The van der Waals surface area contributed by atoms with Crippen molar-refractivity contribution < 1.29 is 27.5 Å². The lowest BCUT2D eigenvalue weighted by Gasteiger charge is -2.17. The maximum Gasteiger partial charge on any atom is 0.408 e. The Morgan fingerprint density at radius 3 is 2.49 bits per heavy atom. The monoisotopic (exact) mass is 547 g/mol. The zero-order valence-corrected chi connectivity index (χ0v) is 21.8. The number of rotatable bonds is 13. The minimum Gasteiger partial charge on any atom is -0.497 e. The second-order valence-electron chi connectivity index (χ2n) is 7.95. The number of nitrogens with zero attached hydrogens (tertiary/aromatic N) is 1. The van der Waals surface area contributed by atoms with E-state index in [9.17, 15) is 18.0 Å².